The Morgan fingerprint density at radius 3 is 2.67 bits per heavy atom. The molecule has 0 amide bonds. The van der Waals surface area contributed by atoms with E-state index in [2.05, 4.69) is 23.0 Å². The number of hydrogen-bond donors (Lipinski definition) is 0. The monoisotopic (exact) mass is 365 g/mol. The molecule has 5 heteroatoms. The first-order valence-electron chi connectivity index (χ1n) is 9.00. The second-order valence-electron chi connectivity index (χ2n) is 6.43. The van der Waals surface area contributed by atoms with Crippen LogP contribution in [-0.2, 0) is 4.74 Å². The van der Waals surface area contributed by atoms with Gasteiger partial charge in [0.2, 0.25) is 0 Å². The Labute approximate surface area is 159 Å². The van der Waals surface area contributed by atoms with Gasteiger partial charge in [0.25, 0.3) is 0 Å². The predicted octanol–water partition coefficient (Wildman–Crippen LogP) is 4.78. The van der Waals surface area contributed by atoms with E-state index in [1.807, 2.05) is 26.0 Å². The van der Waals surface area contributed by atoms with E-state index in [0.29, 0.717) is 48.6 Å². The summed E-state index contributed by atoms with van der Waals surface area (Å²) >= 11 is 0. The molecule has 27 heavy (non-hydrogen) atoms. The van der Waals surface area contributed by atoms with Crippen molar-refractivity contribution in [3.63, 3.8) is 0 Å². The van der Waals surface area contributed by atoms with Gasteiger partial charge in [0.1, 0.15) is 11.6 Å². The van der Waals surface area contributed by atoms with Gasteiger partial charge in [-0.3, -0.25) is 0 Å². The lowest BCUT2D eigenvalue weighted by Gasteiger charge is -2.29. The summed E-state index contributed by atoms with van der Waals surface area (Å²) < 4.78 is 20.3. The van der Waals surface area contributed by atoms with Crippen LogP contribution in [0.1, 0.15) is 25.2 Å². The minimum atomic E-state index is -0.295. The van der Waals surface area contributed by atoms with Crippen molar-refractivity contribution in [1.29, 1.82) is 0 Å². The average Bonchev–Trinajstić information content (AvgIpc) is 2.67. The van der Waals surface area contributed by atoms with Gasteiger partial charge in [-0.25, -0.2) is 14.4 Å². The molecule has 1 aromatic heterocycles. The summed E-state index contributed by atoms with van der Waals surface area (Å²) in [5, 5.41) is 0.696. The fraction of sp³-hybridized carbons (Fsp3) is 0.273. The lowest BCUT2D eigenvalue weighted by atomic mass is 10.0. The number of nitrogens with zero attached hydrogens (tertiary/aromatic N) is 3. The predicted molar refractivity (Wildman–Crippen MR) is 110 cm³/mol. The Hall–Kier alpha value is -2.79. The van der Waals surface area contributed by atoms with Gasteiger partial charge in [0.05, 0.1) is 18.7 Å². The van der Waals surface area contributed by atoms with Gasteiger partial charge in [0, 0.05) is 29.6 Å². The summed E-state index contributed by atoms with van der Waals surface area (Å²) in [7, 11) is 0. The van der Waals surface area contributed by atoms with Crippen LogP contribution in [0, 0.1) is 5.82 Å². The molecule has 1 saturated heterocycles. The van der Waals surface area contributed by atoms with Crippen LogP contribution in [0.15, 0.2) is 49.6 Å². The van der Waals surface area contributed by atoms with Crippen LogP contribution in [0.5, 0.6) is 0 Å². The standard InChI is InChI=1S/C22H24FN3O/c1-5-7-15(3)17-14-20-18(13-19(17)23)22(26-9-11-27-12-10-26)25-21(24-20)16(4)8-6-2/h5-8,13-14H,1,4,9-12H2,2-3H3/b8-6-,15-7+. The summed E-state index contributed by atoms with van der Waals surface area (Å²) in [6, 6.07) is 3.30. The Morgan fingerprint density at radius 1 is 1.26 bits per heavy atom. The molecule has 1 aliphatic heterocycles. The van der Waals surface area contributed by atoms with Crippen molar-refractivity contribution in [3.05, 3.63) is 66.8 Å². The van der Waals surface area contributed by atoms with E-state index in [4.69, 9.17) is 9.72 Å². The molecular formula is C22H24FN3O. The van der Waals surface area contributed by atoms with Crippen molar-refractivity contribution in [3.8, 4) is 0 Å². The van der Waals surface area contributed by atoms with Gasteiger partial charge >= 0.3 is 0 Å². The molecule has 0 N–H and O–H groups in total. The lowest BCUT2D eigenvalue weighted by molar-refractivity contribution is 0.122. The van der Waals surface area contributed by atoms with E-state index in [0.717, 1.165) is 17.0 Å². The highest BCUT2D eigenvalue weighted by Gasteiger charge is 2.20. The topological polar surface area (TPSA) is 38.2 Å². The number of fused-ring (bicyclic) bond motifs is 1. The Morgan fingerprint density at radius 2 is 2.00 bits per heavy atom. The third-order valence-electron chi connectivity index (χ3n) is 4.52. The Bertz CT molecular complexity index is 940. The molecule has 1 aromatic carbocycles. The summed E-state index contributed by atoms with van der Waals surface area (Å²) in [6.45, 7) is 14.2. The first-order chi connectivity index (χ1) is 13.0. The molecule has 0 radical (unpaired) electrons. The molecule has 0 unspecified atom stereocenters. The first kappa shape index (κ1) is 19.0. The number of ether oxygens (including phenoxy) is 1. The fourth-order valence-corrected chi connectivity index (χ4v) is 3.14. The summed E-state index contributed by atoms with van der Waals surface area (Å²) in [5.41, 5.74) is 2.72. The maximum atomic E-state index is 14.8. The molecule has 3 rings (SSSR count). The van der Waals surface area contributed by atoms with Crippen LogP contribution in [0.2, 0.25) is 0 Å². The minimum absolute atomic E-state index is 0.295. The van der Waals surface area contributed by atoms with E-state index in [1.54, 1.807) is 18.2 Å². The van der Waals surface area contributed by atoms with Crippen molar-refractivity contribution in [2.24, 2.45) is 0 Å². The van der Waals surface area contributed by atoms with Crippen LogP contribution < -0.4 is 4.90 Å². The zero-order valence-corrected chi connectivity index (χ0v) is 15.8. The largest absolute Gasteiger partial charge is 0.378 e. The molecule has 2 aromatic rings. The van der Waals surface area contributed by atoms with E-state index < -0.39 is 0 Å². The van der Waals surface area contributed by atoms with E-state index in [1.165, 1.54) is 6.07 Å². The SMILES string of the molecule is C=C/C=C(\C)c1cc2nc(C(=C)/C=C\C)nc(N3CCOCC3)c2cc1F. The second kappa shape index (κ2) is 8.27. The van der Waals surface area contributed by atoms with Gasteiger partial charge in [-0.1, -0.05) is 37.5 Å². The number of aromatic nitrogens is 2. The summed E-state index contributed by atoms with van der Waals surface area (Å²) in [4.78, 5) is 11.5. The van der Waals surface area contributed by atoms with Crippen molar-refractivity contribution < 1.29 is 9.13 Å². The fourth-order valence-electron chi connectivity index (χ4n) is 3.14. The molecule has 1 aliphatic rings. The number of rotatable bonds is 5. The quantitative estimate of drug-likeness (QED) is 0.715. The Balaban J connectivity index is 2.24. The van der Waals surface area contributed by atoms with Crippen LogP contribution in [0.25, 0.3) is 22.0 Å². The molecule has 4 nitrogen and oxygen atoms in total. The minimum Gasteiger partial charge on any atom is -0.378 e. The number of allylic oxidation sites excluding steroid dienone is 6. The highest BCUT2D eigenvalue weighted by Crippen LogP contribution is 2.31. The summed E-state index contributed by atoms with van der Waals surface area (Å²) in [5.74, 6) is 0.973. The second-order valence-corrected chi connectivity index (χ2v) is 6.43. The van der Waals surface area contributed by atoms with Gasteiger partial charge in [0.15, 0.2) is 5.82 Å². The maximum Gasteiger partial charge on any atom is 0.161 e. The van der Waals surface area contributed by atoms with Crippen LogP contribution in [0.3, 0.4) is 0 Å². The normalized spacial score (nSPS) is 15.5. The van der Waals surface area contributed by atoms with Crippen LogP contribution >= 0.6 is 0 Å². The van der Waals surface area contributed by atoms with Crippen molar-refractivity contribution >= 4 is 27.9 Å². The van der Waals surface area contributed by atoms with Crippen LogP contribution in [-0.4, -0.2) is 36.3 Å². The number of morpholine rings is 1. The van der Waals surface area contributed by atoms with Gasteiger partial charge in [-0.2, -0.15) is 0 Å². The van der Waals surface area contributed by atoms with Crippen molar-refractivity contribution in [2.75, 3.05) is 31.2 Å². The highest BCUT2D eigenvalue weighted by atomic mass is 19.1. The molecular weight excluding hydrogens is 341 g/mol. The van der Waals surface area contributed by atoms with Crippen molar-refractivity contribution in [1.82, 2.24) is 9.97 Å². The van der Waals surface area contributed by atoms with Crippen LogP contribution in [0.4, 0.5) is 10.2 Å². The van der Waals surface area contributed by atoms with E-state index >= 15 is 0 Å². The maximum absolute atomic E-state index is 14.8. The average molecular weight is 365 g/mol. The first-order valence-corrected chi connectivity index (χ1v) is 9.00. The lowest BCUT2D eigenvalue weighted by Crippen LogP contribution is -2.37. The number of hydrogen-bond acceptors (Lipinski definition) is 4. The zero-order chi connectivity index (χ0) is 19.4. The zero-order valence-electron chi connectivity index (χ0n) is 15.8. The third-order valence-corrected chi connectivity index (χ3v) is 4.52. The number of benzene rings is 1. The van der Waals surface area contributed by atoms with E-state index in [9.17, 15) is 4.39 Å². The highest BCUT2D eigenvalue weighted by molar-refractivity contribution is 5.93. The summed E-state index contributed by atoms with van der Waals surface area (Å²) in [6.07, 6.45) is 7.21. The van der Waals surface area contributed by atoms with E-state index in [-0.39, 0.29) is 5.82 Å². The molecule has 0 saturated carbocycles. The molecule has 2 heterocycles. The third kappa shape index (κ3) is 3.98. The molecule has 0 bridgehead atoms. The molecule has 0 atom stereocenters. The smallest absolute Gasteiger partial charge is 0.161 e. The molecule has 1 fully saturated rings. The van der Waals surface area contributed by atoms with Gasteiger partial charge in [-0.05, 0) is 31.6 Å². The Kier molecular flexibility index (Phi) is 5.81. The van der Waals surface area contributed by atoms with Gasteiger partial charge in [-0.15, -0.1) is 0 Å². The number of anilines is 1. The molecule has 0 spiro atoms. The number of halogens is 1. The molecule has 140 valence electrons. The van der Waals surface area contributed by atoms with Gasteiger partial charge < -0.3 is 9.64 Å². The van der Waals surface area contributed by atoms with Crippen molar-refractivity contribution in [2.45, 2.75) is 13.8 Å². The molecule has 0 aliphatic carbocycles.